The fourth-order valence-corrected chi connectivity index (χ4v) is 2.95. The fraction of sp³-hybridized carbons (Fsp3) is 0.158. The smallest absolute Gasteiger partial charge is 0.321 e. The number of rotatable bonds is 3. The Hall–Kier alpha value is -3.22. The predicted octanol–water partition coefficient (Wildman–Crippen LogP) is 6.83. The van der Waals surface area contributed by atoms with Crippen LogP contribution in [0.1, 0.15) is 27.2 Å². The van der Waals surface area contributed by atoms with E-state index in [-0.39, 0.29) is 28.9 Å². The molecule has 3 aromatic rings. The van der Waals surface area contributed by atoms with Gasteiger partial charge in [-0.1, -0.05) is 11.6 Å². The lowest BCUT2D eigenvalue weighted by Gasteiger charge is -2.17. The van der Waals surface area contributed by atoms with E-state index in [1.54, 1.807) is 0 Å². The highest BCUT2D eigenvalue weighted by molar-refractivity contribution is 6.30. The van der Waals surface area contributed by atoms with Gasteiger partial charge in [-0.15, -0.1) is 0 Å². The van der Waals surface area contributed by atoms with E-state index in [4.69, 9.17) is 11.6 Å². The molecule has 1 aromatic heterocycles. The first kappa shape index (κ1) is 24.4. The van der Waals surface area contributed by atoms with E-state index in [2.05, 4.69) is 5.10 Å². The zero-order valence-corrected chi connectivity index (χ0v) is 16.5. The molecule has 1 N–H and O–H groups in total. The number of amides is 1. The van der Waals surface area contributed by atoms with Gasteiger partial charge in [0.15, 0.2) is 5.69 Å². The molecule has 2 aromatic carbocycles. The monoisotopic (exact) mass is 501 g/mol. The number of hydrogen-bond donors (Lipinski definition) is 1. The van der Waals surface area contributed by atoms with E-state index in [9.17, 15) is 44.3 Å². The largest absolute Gasteiger partial charge is 0.434 e. The molecular weight excluding hydrogens is 493 g/mol. The Morgan fingerprint density at radius 3 is 1.97 bits per heavy atom. The standard InChI is InChI=1S/C19H9ClF9N3O/c20-10-2-4-11(5-3-10)32-15(19(27,28)29)12(8-30-32)16(33)31-14-7-9(17(21,22)23)1-6-13(14)18(24,25)26/h1-8H,(H,31,33). The molecule has 0 fully saturated rings. The van der Waals surface area contributed by atoms with Gasteiger partial charge in [0.25, 0.3) is 5.91 Å². The number of alkyl halides is 9. The molecule has 3 rings (SSSR count). The van der Waals surface area contributed by atoms with Crippen molar-refractivity contribution >= 4 is 23.2 Å². The summed E-state index contributed by atoms with van der Waals surface area (Å²) in [7, 11) is 0. The second kappa shape index (κ2) is 8.28. The summed E-state index contributed by atoms with van der Waals surface area (Å²) in [4.78, 5) is 12.5. The summed E-state index contributed by atoms with van der Waals surface area (Å²) in [5.74, 6) is -1.74. The van der Waals surface area contributed by atoms with Gasteiger partial charge in [0.05, 0.1) is 34.3 Å². The lowest BCUT2D eigenvalue weighted by Crippen LogP contribution is -2.22. The van der Waals surface area contributed by atoms with E-state index in [1.807, 2.05) is 0 Å². The normalized spacial score (nSPS) is 12.7. The average Bonchev–Trinajstić information content (AvgIpc) is 3.13. The molecule has 176 valence electrons. The van der Waals surface area contributed by atoms with Crippen LogP contribution >= 0.6 is 11.6 Å². The first-order chi connectivity index (χ1) is 15.1. The topological polar surface area (TPSA) is 46.9 Å². The molecule has 0 radical (unpaired) electrons. The van der Waals surface area contributed by atoms with E-state index in [1.165, 1.54) is 17.4 Å². The second-order valence-corrected chi connectivity index (χ2v) is 6.94. The molecule has 0 aliphatic heterocycles. The molecule has 0 aliphatic carbocycles. The summed E-state index contributed by atoms with van der Waals surface area (Å²) in [6.45, 7) is 0. The van der Waals surface area contributed by atoms with Crippen molar-refractivity contribution in [3.8, 4) is 5.69 Å². The molecule has 0 bridgehead atoms. The van der Waals surface area contributed by atoms with Crippen molar-refractivity contribution in [3.05, 3.63) is 76.1 Å². The third-order valence-corrected chi connectivity index (χ3v) is 4.51. The molecule has 0 spiro atoms. The van der Waals surface area contributed by atoms with Crippen LogP contribution in [0.4, 0.5) is 45.2 Å². The summed E-state index contributed by atoms with van der Waals surface area (Å²) in [6, 6.07) is 4.94. The molecule has 0 atom stereocenters. The minimum Gasteiger partial charge on any atom is -0.321 e. The Bertz CT molecular complexity index is 1180. The van der Waals surface area contributed by atoms with Crippen molar-refractivity contribution in [3.63, 3.8) is 0 Å². The number of aromatic nitrogens is 2. The van der Waals surface area contributed by atoms with E-state index < -0.39 is 52.5 Å². The van der Waals surface area contributed by atoms with Crippen LogP contribution in [0.3, 0.4) is 0 Å². The molecule has 33 heavy (non-hydrogen) atoms. The zero-order chi connectivity index (χ0) is 24.8. The first-order valence-electron chi connectivity index (χ1n) is 8.60. The van der Waals surface area contributed by atoms with Crippen LogP contribution in [-0.4, -0.2) is 15.7 Å². The van der Waals surface area contributed by atoms with Gasteiger partial charge in [0.2, 0.25) is 0 Å². The van der Waals surface area contributed by atoms with Gasteiger partial charge in [0.1, 0.15) is 0 Å². The second-order valence-electron chi connectivity index (χ2n) is 6.50. The van der Waals surface area contributed by atoms with Gasteiger partial charge in [-0.25, -0.2) is 4.68 Å². The minimum atomic E-state index is -5.20. The fourth-order valence-electron chi connectivity index (χ4n) is 2.83. The first-order valence-corrected chi connectivity index (χ1v) is 8.98. The van der Waals surface area contributed by atoms with E-state index in [0.29, 0.717) is 10.9 Å². The molecule has 0 saturated heterocycles. The number of carbonyl (C=O) groups is 1. The minimum absolute atomic E-state index is 0.0163. The summed E-state index contributed by atoms with van der Waals surface area (Å²) in [6.07, 6.45) is -15.0. The Balaban J connectivity index is 2.09. The van der Waals surface area contributed by atoms with Crippen LogP contribution in [0.15, 0.2) is 48.7 Å². The number of anilines is 1. The predicted molar refractivity (Wildman–Crippen MR) is 98.0 cm³/mol. The molecule has 14 heteroatoms. The number of nitrogens with one attached hydrogen (secondary N) is 1. The number of nitrogens with zero attached hydrogens (tertiary/aromatic N) is 2. The van der Waals surface area contributed by atoms with E-state index in [0.717, 1.165) is 12.1 Å². The van der Waals surface area contributed by atoms with Gasteiger partial charge >= 0.3 is 18.5 Å². The van der Waals surface area contributed by atoms with Crippen molar-refractivity contribution in [1.82, 2.24) is 9.78 Å². The maximum Gasteiger partial charge on any atom is 0.434 e. The van der Waals surface area contributed by atoms with Crippen LogP contribution < -0.4 is 5.32 Å². The lowest BCUT2D eigenvalue weighted by molar-refractivity contribution is -0.143. The van der Waals surface area contributed by atoms with Crippen molar-refractivity contribution < 1.29 is 44.3 Å². The maximum atomic E-state index is 13.7. The molecule has 0 aliphatic rings. The Morgan fingerprint density at radius 1 is 0.848 bits per heavy atom. The SMILES string of the molecule is O=C(Nc1cc(C(F)(F)F)ccc1C(F)(F)F)c1cnn(-c2ccc(Cl)cc2)c1C(F)(F)F. The summed E-state index contributed by atoms with van der Waals surface area (Å²) in [5, 5.41) is 5.14. The number of halogens is 10. The van der Waals surface area contributed by atoms with Crippen LogP contribution in [0, 0.1) is 0 Å². The van der Waals surface area contributed by atoms with Crippen molar-refractivity contribution in [2.24, 2.45) is 0 Å². The summed E-state index contributed by atoms with van der Waals surface area (Å²) < 4.78 is 120. The molecule has 4 nitrogen and oxygen atoms in total. The van der Waals surface area contributed by atoms with Gasteiger partial charge in [-0.2, -0.15) is 44.6 Å². The van der Waals surface area contributed by atoms with Gasteiger partial charge < -0.3 is 5.32 Å². The molecule has 0 saturated carbocycles. The van der Waals surface area contributed by atoms with Crippen LogP contribution in [-0.2, 0) is 18.5 Å². The van der Waals surface area contributed by atoms with Gasteiger partial charge in [-0.05, 0) is 42.5 Å². The van der Waals surface area contributed by atoms with Gasteiger partial charge in [-0.3, -0.25) is 4.79 Å². The molecule has 0 unspecified atom stereocenters. The molecule has 1 amide bonds. The Morgan fingerprint density at radius 2 is 1.45 bits per heavy atom. The zero-order valence-electron chi connectivity index (χ0n) is 15.7. The van der Waals surface area contributed by atoms with Crippen molar-refractivity contribution in [2.75, 3.05) is 5.32 Å². The highest BCUT2D eigenvalue weighted by Crippen LogP contribution is 2.40. The third-order valence-electron chi connectivity index (χ3n) is 4.25. The Labute approximate surface area is 183 Å². The summed E-state index contributed by atoms with van der Waals surface area (Å²) >= 11 is 5.68. The quantitative estimate of drug-likeness (QED) is 0.400. The van der Waals surface area contributed by atoms with E-state index >= 15 is 0 Å². The molecular formula is C19H9ClF9N3O. The van der Waals surface area contributed by atoms with Crippen LogP contribution in [0.2, 0.25) is 5.02 Å². The molecule has 1 heterocycles. The van der Waals surface area contributed by atoms with Crippen molar-refractivity contribution in [1.29, 1.82) is 0 Å². The van der Waals surface area contributed by atoms with Crippen LogP contribution in [0.25, 0.3) is 5.69 Å². The van der Waals surface area contributed by atoms with Gasteiger partial charge in [0, 0.05) is 5.02 Å². The highest BCUT2D eigenvalue weighted by Gasteiger charge is 2.42. The Kier molecular flexibility index (Phi) is 6.13. The number of carbonyl (C=O) groups excluding carboxylic acids is 1. The summed E-state index contributed by atoms with van der Waals surface area (Å²) in [5.41, 5.74) is -7.62. The third kappa shape index (κ3) is 5.24. The maximum absolute atomic E-state index is 13.7. The number of benzene rings is 2. The van der Waals surface area contributed by atoms with Crippen molar-refractivity contribution in [2.45, 2.75) is 18.5 Å². The average molecular weight is 502 g/mol. The lowest BCUT2D eigenvalue weighted by atomic mass is 10.1. The highest BCUT2D eigenvalue weighted by atomic mass is 35.5. The van der Waals surface area contributed by atoms with Crippen LogP contribution in [0.5, 0.6) is 0 Å². The number of hydrogen-bond acceptors (Lipinski definition) is 2.